The second-order valence-corrected chi connectivity index (χ2v) is 2.70. The van der Waals surface area contributed by atoms with Crippen LogP contribution in [-0.4, -0.2) is 10.9 Å². The highest BCUT2D eigenvalue weighted by atomic mass is 16.3. The third kappa shape index (κ3) is 1.62. The van der Waals surface area contributed by atoms with Gasteiger partial charge in [0.25, 0.3) is 5.91 Å². The smallest absolute Gasteiger partial charge is 0.287 e. The van der Waals surface area contributed by atoms with Crippen LogP contribution in [0.25, 0.3) is 0 Å². The Morgan fingerprint density at radius 1 is 1.75 bits per heavy atom. The van der Waals surface area contributed by atoms with Crippen molar-refractivity contribution in [2.45, 2.75) is 19.8 Å². The molecule has 3 N–H and O–H groups in total. The van der Waals surface area contributed by atoms with Gasteiger partial charge in [-0.3, -0.25) is 10.2 Å². The van der Waals surface area contributed by atoms with Crippen molar-refractivity contribution < 1.29 is 9.21 Å². The van der Waals surface area contributed by atoms with E-state index < -0.39 is 5.91 Å². The predicted molar refractivity (Wildman–Crippen MR) is 42.2 cm³/mol. The molecule has 1 rings (SSSR count). The maximum Gasteiger partial charge on any atom is 0.287 e. The molecule has 0 aliphatic rings. The van der Waals surface area contributed by atoms with Gasteiger partial charge in [-0.05, 0) is 0 Å². The van der Waals surface area contributed by atoms with Gasteiger partial charge in [0, 0.05) is 5.92 Å². The van der Waals surface area contributed by atoms with Gasteiger partial charge in [-0.25, -0.2) is 10.8 Å². The number of rotatable bonds is 2. The number of hydrazine groups is 1. The van der Waals surface area contributed by atoms with Crippen LogP contribution in [0.3, 0.4) is 0 Å². The van der Waals surface area contributed by atoms with Gasteiger partial charge in [0.15, 0.2) is 11.6 Å². The first-order chi connectivity index (χ1) is 5.65. The number of hydrogen-bond donors (Lipinski definition) is 2. The highest BCUT2D eigenvalue weighted by Crippen LogP contribution is 2.12. The third-order valence-corrected chi connectivity index (χ3v) is 1.38. The number of amides is 1. The molecule has 5 heteroatoms. The molecule has 1 aromatic heterocycles. The summed E-state index contributed by atoms with van der Waals surface area (Å²) in [4.78, 5) is 14.8. The highest BCUT2D eigenvalue weighted by molar-refractivity contribution is 5.91. The molecule has 0 aromatic carbocycles. The minimum atomic E-state index is -0.439. The van der Waals surface area contributed by atoms with Crippen molar-refractivity contribution in [3.8, 4) is 0 Å². The topological polar surface area (TPSA) is 81.2 Å². The predicted octanol–water partition coefficient (Wildman–Crippen LogP) is 0.402. The lowest BCUT2D eigenvalue weighted by Gasteiger charge is -1.94. The first-order valence-electron chi connectivity index (χ1n) is 3.61. The minimum absolute atomic E-state index is 0.171. The normalized spacial score (nSPS) is 10.3. The van der Waals surface area contributed by atoms with Crippen LogP contribution in [0.1, 0.15) is 36.1 Å². The molecular formula is C7H11N3O2. The van der Waals surface area contributed by atoms with E-state index in [0.717, 1.165) is 0 Å². The van der Waals surface area contributed by atoms with E-state index >= 15 is 0 Å². The minimum Gasteiger partial charge on any atom is -0.448 e. The van der Waals surface area contributed by atoms with Crippen molar-refractivity contribution in [2.75, 3.05) is 0 Å². The summed E-state index contributed by atoms with van der Waals surface area (Å²) in [5.74, 6) is 5.18. The Labute approximate surface area is 69.9 Å². The maximum atomic E-state index is 10.9. The average molecular weight is 169 g/mol. The van der Waals surface area contributed by atoms with E-state index in [9.17, 15) is 4.79 Å². The summed E-state index contributed by atoms with van der Waals surface area (Å²) in [5.41, 5.74) is 2.18. The van der Waals surface area contributed by atoms with Gasteiger partial charge in [-0.15, -0.1) is 0 Å². The second-order valence-electron chi connectivity index (χ2n) is 2.70. The van der Waals surface area contributed by atoms with E-state index in [0.29, 0.717) is 5.89 Å². The number of carbonyl (C=O) groups excluding carboxylic acids is 1. The summed E-state index contributed by atoms with van der Waals surface area (Å²) in [6.45, 7) is 3.85. The third-order valence-electron chi connectivity index (χ3n) is 1.38. The second kappa shape index (κ2) is 3.36. The van der Waals surface area contributed by atoms with Gasteiger partial charge < -0.3 is 4.42 Å². The van der Waals surface area contributed by atoms with Crippen molar-refractivity contribution in [2.24, 2.45) is 5.84 Å². The van der Waals surface area contributed by atoms with E-state index in [-0.39, 0.29) is 11.6 Å². The molecule has 1 amide bonds. The molecule has 0 spiro atoms. The number of nitrogen functional groups attached to an aromatic ring is 1. The van der Waals surface area contributed by atoms with Gasteiger partial charge in [-0.1, -0.05) is 13.8 Å². The Hall–Kier alpha value is -1.36. The van der Waals surface area contributed by atoms with E-state index in [1.54, 1.807) is 0 Å². The molecule has 0 atom stereocenters. The van der Waals surface area contributed by atoms with E-state index in [1.165, 1.54) is 6.26 Å². The number of hydrogen-bond acceptors (Lipinski definition) is 4. The van der Waals surface area contributed by atoms with Crippen LogP contribution >= 0.6 is 0 Å². The van der Waals surface area contributed by atoms with Gasteiger partial charge in [0.2, 0.25) is 0 Å². The monoisotopic (exact) mass is 169 g/mol. The quantitative estimate of drug-likeness (QED) is 0.381. The molecule has 0 aliphatic heterocycles. The van der Waals surface area contributed by atoms with Crippen molar-refractivity contribution in [1.82, 2.24) is 10.4 Å². The summed E-state index contributed by atoms with van der Waals surface area (Å²) >= 11 is 0. The number of nitrogens with one attached hydrogen (secondary N) is 1. The maximum absolute atomic E-state index is 10.9. The van der Waals surface area contributed by atoms with Crippen molar-refractivity contribution in [1.29, 1.82) is 0 Å². The summed E-state index contributed by atoms with van der Waals surface area (Å²) in [7, 11) is 0. The number of aromatic nitrogens is 1. The fourth-order valence-electron chi connectivity index (χ4n) is 0.731. The molecule has 1 heterocycles. The van der Waals surface area contributed by atoms with Crippen LogP contribution in [0.15, 0.2) is 10.7 Å². The van der Waals surface area contributed by atoms with Crippen LogP contribution in [0.5, 0.6) is 0 Å². The lowest BCUT2D eigenvalue weighted by atomic mass is 10.2. The number of nitrogens with zero attached hydrogens (tertiary/aromatic N) is 1. The van der Waals surface area contributed by atoms with E-state index in [2.05, 4.69) is 4.98 Å². The number of nitrogens with two attached hydrogens (primary N) is 1. The Kier molecular flexibility index (Phi) is 2.44. The molecule has 0 saturated carbocycles. The lowest BCUT2D eigenvalue weighted by Crippen LogP contribution is -2.30. The SMILES string of the molecule is CC(C)c1nc(C(=O)NN)co1. The van der Waals surface area contributed by atoms with Crippen LogP contribution in [0.2, 0.25) is 0 Å². The zero-order valence-corrected chi connectivity index (χ0v) is 7.00. The summed E-state index contributed by atoms with van der Waals surface area (Å²) in [6, 6.07) is 0. The molecule has 66 valence electrons. The van der Waals surface area contributed by atoms with Crippen LogP contribution in [0.4, 0.5) is 0 Å². The molecule has 0 fully saturated rings. The first-order valence-corrected chi connectivity index (χ1v) is 3.61. The number of oxazole rings is 1. The molecule has 0 unspecified atom stereocenters. The zero-order valence-electron chi connectivity index (χ0n) is 7.00. The first kappa shape index (κ1) is 8.73. The molecular weight excluding hydrogens is 158 g/mol. The summed E-state index contributed by atoms with van der Waals surface area (Å²) < 4.78 is 5.02. The average Bonchev–Trinajstić information content (AvgIpc) is 2.51. The van der Waals surface area contributed by atoms with Crippen molar-refractivity contribution in [3.63, 3.8) is 0 Å². The van der Waals surface area contributed by atoms with Crippen LogP contribution in [-0.2, 0) is 0 Å². The molecule has 0 bridgehead atoms. The van der Waals surface area contributed by atoms with Gasteiger partial charge >= 0.3 is 0 Å². The van der Waals surface area contributed by atoms with Crippen LogP contribution in [0, 0.1) is 0 Å². The summed E-state index contributed by atoms with van der Waals surface area (Å²) in [5, 5.41) is 0. The standard InChI is InChI=1S/C7H11N3O2/c1-4(2)7-9-5(3-12-7)6(11)10-8/h3-4H,8H2,1-2H3,(H,10,11). The Balaban J connectivity index is 2.84. The molecule has 0 saturated heterocycles. The van der Waals surface area contributed by atoms with E-state index in [1.807, 2.05) is 19.3 Å². The Morgan fingerprint density at radius 2 is 2.42 bits per heavy atom. The highest BCUT2D eigenvalue weighted by Gasteiger charge is 2.12. The van der Waals surface area contributed by atoms with Gasteiger partial charge in [0.05, 0.1) is 0 Å². The van der Waals surface area contributed by atoms with Gasteiger partial charge in [-0.2, -0.15) is 0 Å². The Bertz CT molecular complexity index is 280. The fourth-order valence-corrected chi connectivity index (χ4v) is 0.731. The molecule has 0 radical (unpaired) electrons. The largest absolute Gasteiger partial charge is 0.448 e. The molecule has 0 aliphatic carbocycles. The Morgan fingerprint density at radius 3 is 2.83 bits per heavy atom. The molecule has 5 nitrogen and oxygen atoms in total. The fraction of sp³-hybridized carbons (Fsp3) is 0.429. The van der Waals surface area contributed by atoms with E-state index in [4.69, 9.17) is 10.3 Å². The van der Waals surface area contributed by atoms with Gasteiger partial charge in [0.1, 0.15) is 6.26 Å². The summed E-state index contributed by atoms with van der Waals surface area (Å²) in [6.07, 6.45) is 1.29. The van der Waals surface area contributed by atoms with Crippen molar-refractivity contribution in [3.05, 3.63) is 17.8 Å². The molecule has 1 aromatic rings. The van der Waals surface area contributed by atoms with Crippen molar-refractivity contribution >= 4 is 5.91 Å². The number of carbonyl (C=O) groups is 1. The molecule has 12 heavy (non-hydrogen) atoms. The lowest BCUT2D eigenvalue weighted by molar-refractivity contribution is 0.0948. The van der Waals surface area contributed by atoms with Crippen LogP contribution < -0.4 is 11.3 Å². The zero-order chi connectivity index (χ0) is 9.14.